The summed E-state index contributed by atoms with van der Waals surface area (Å²) in [5.41, 5.74) is 1.31. The van der Waals surface area contributed by atoms with Crippen molar-refractivity contribution in [1.29, 1.82) is 0 Å². The smallest absolute Gasteiger partial charge is 0.350 e. The van der Waals surface area contributed by atoms with Crippen LogP contribution in [0.5, 0.6) is 0 Å². The van der Waals surface area contributed by atoms with Gasteiger partial charge in [0.25, 0.3) is 0 Å². The van der Waals surface area contributed by atoms with Gasteiger partial charge < -0.3 is 10.2 Å². The van der Waals surface area contributed by atoms with E-state index in [4.69, 9.17) is 11.6 Å². The molecular weight excluding hydrogens is 254 g/mol. The minimum absolute atomic E-state index is 0.00223. The first-order valence-corrected chi connectivity index (χ1v) is 5.60. The molecule has 0 atom stereocenters. The average Bonchev–Trinajstić information content (AvgIpc) is 2.28. The number of hydrogen-bond donors (Lipinski definition) is 2. The fourth-order valence-electron chi connectivity index (χ4n) is 1.39. The SMILES string of the molecule is CN(C)c1ccc(Nc2nc(Cl)[nH]c(=O)n2)cc1. The molecule has 94 valence electrons. The van der Waals surface area contributed by atoms with E-state index < -0.39 is 5.69 Å². The number of anilines is 3. The van der Waals surface area contributed by atoms with Crippen molar-refractivity contribution in [1.82, 2.24) is 15.0 Å². The maximum atomic E-state index is 11.1. The monoisotopic (exact) mass is 265 g/mol. The molecule has 0 spiro atoms. The Balaban J connectivity index is 2.20. The molecule has 2 N–H and O–H groups in total. The number of nitrogens with one attached hydrogen (secondary N) is 2. The Kier molecular flexibility index (Phi) is 3.47. The molecule has 2 rings (SSSR count). The van der Waals surface area contributed by atoms with Crippen LogP contribution in [0.3, 0.4) is 0 Å². The summed E-state index contributed by atoms with van der Waals surface area (Å²) in [5.74, 6) is 0.168. The molecule has 0 bridgehead atoms. The van der Waals surface area contributed by atoms with Crippen molar-refractivity contribution in [3.63, 3.8) is 0 Å². The van der Waals surface area contributed by atoms with Gasteiger partial charge in [-0.2, -0.15) is 9.97 Å². The van der Waals surface area contributed by atoms with Gasteiger partial charge in [-0.3, -0.25) is 4.98 Å². The first kappa shape index (κ1) is 12.4. The van der Waals surface area contributed by atoms with E-state index in [1.807, 2.05) is 43.3 Å². The average molecular weight is 266 g/mol. The van der Waals surface area contributed by atoms with Gasteiger partial charge in [-0.15, -0.1) is 0 Å². The lowest BCUT2D eigenvalue weighted by atomic mass is 10.2. The van der Waals surface area contributed by atoms with Crippen LogP contribution >= 0.6 is 11.6 Å². The Morgan fingerprint density at radius 1 is 1.22 bits per heavy atom. The van der Waals surface area contributed by atoms with Crippen molar-refractivity contribution in [3.8, 4) is 0 Å². The molecule has 0 amide bonds. The highest BCUT2D eigenvalue weighted by Gasteiger charge is 2.02. The zero-order valence-corrected chi connectivity index (χ0v) is 10.7. The molecule has 0 fully saturated rings. The van der Waals surface area contributed by atoms with Gasteiger partial charge in [0.05, 0.1) is 0 Å². The molecular formula is C11H12ClN5O. The van der Waals surface area contributed by atoms with Crippen molar-refractivity contribution in [3.05, 3.63) is 40.0 Å². The Hall–Kier alpha value is -2.08. The Morgan fingerprint density at radius 3 is 2.44 bits per heavy atom. The molecule has 2 aromatic rings. The number of nitrogens with zero attached hydrogens (tertiary/aromatic N) is 3. The van der Waals surface area contributed by atoms with Crippen LogP contribution in [0.25, 0.3) is 0 Å². The van der Waals surface area contributed by atoms with Crippen LogP contribution in [0.1, 0.15) is 0 Å². The molecule has 1 aromatic carbocycles. The minimum atomic E-state index is -0.539. The van der Waals surface area contributed by atoms with Gasteiger partial charge in [0.2, 0.25) is 11.2 Å². The summed E-state index contributed by atoms with van der Waals surface area (Å²) in [5, 5.41) is 2.91. The summed E-state index contributed by atoms with van der Waals surface area (Å²) in [6.45, 7) is 0. The summed E-state index contributed by atoms with van der Waals surface area (Å²) in [6.07, 6.45) is 0. The number of halogens is 1. The van der Waals surface area contributed by atoms with Crippen LogP contribution in [-0.4, -0.2) is 29.0 Å². The van der Waals surface area contributed by atoms with Gasteiger partial charge in [-0.1, -0.05) is 0 Å². The number of aromatic nitrogens is 3. The Bertz CT molecular complexity index is 593. The molecule has 0 aliphatic rings. The summed E-state index contributed by atoms with van der Waals surface area (Å²) in [4.78, 5) is 22.9. The largest absolute Gasteiger partial charge is 0.378 e. The van der Waals surface area contributed by atoms with E-state index in [0.29, 0.717) is 0 Å². The first-order valence-electron chi connectivity index (χ1n) is 5.23. The highest BCUT2D eigenvalue weighted by Crippen LogP contribution is 2.17. The predicted molar refractivity (Wildman–Crippen MR) is 71.7 cm³/mol. The molecule has 7 heteroatoms. The minimum Gasteiger partial charge on any atom is -0.378 e. The lowest BCUT2D eigenvalue weighted by molar-refractivity contribution is 0.994. The van der Waals surface area contributed by atoms with E-state index >= 15 is 0 Å². The van der Waals surface area contributed by atoms with Gasteiger partial charge in [-0.05, 0) is 35.9 Å². The number of H-pyrrole nitrogens is 1. The Morgan fingerprint density at radius 2 is 1.89 bits per heavy atom. The number of rotatable bonds is 3. The van der Waals surface area contributed by atoms with Gasteiger partial charge in [0.15, 0.2) is 0 Å². The van der Waals surface area contributed by atoms with E-state index in [-0.39, 0.29) is 11.2 Å². The molecule has 1 heterocycles. The third-order valence-corrected chi connectivity index (χ3v) is 2.44. The predicted octanol–water partition coefficient (Wildman–Crippen LogP) is 1.63. The topological polar surface area (TPSA) is 73.9 Å². The standard InChI is InChI=1S/C11H12ClN5O/c1-17(2)8-5-3-7(4-6-8)13-10-14-9(12)15-11(18)16-10/h3-6H,1-2H3,(H2,13,14,15,16,18). The first-order chi connectivity index (χ1) is 8.54. The van der Waals surface area contributed by atoms with Crippen LogP contribution in [0.2, 0.25) is 5.28 Å². The summed E-state index contributed by atoms with van der Waals surface area (Å²) in [7, 11) is 3.92. The molecule has 1 aromatic heterocycles. The maximum absolute atomic E-state index is 11.1. The normalized spacial score (nSPS) is 10.2. The molecule has 0 unspecified atom stereocenters. The van der Waals surface area contributed by atoms with E-state index in [2.05, 4.69) is 20.3 Å². The van der Waals surface area contributed by atoms with Crippen LogP contribution in [0, 0.1) is 0 Å². The van der Waals surface area contributed by atoms with E-state index in [9.17, 15) is 4.79 Å². The second kappa shape index (κ2) is 5.05. The molecule has 0 radical (unpaired) electrons. The third kappa shape index (κ3) is 2.98. The van der Waals surface area contributed by atoms with Crippen molar-refractivity contribution in [2.75, 3.05) is 24.3 Å². The van der Waals surface area contributed by atoms with Crippen molar-refractivity contribution in [2.45, 2.75) is 0 Å². The molecule has 18 heavy (non-hydrogen) atoms. The van der Waals surface area contributed by atoms with E-state index in [1.54, 1.807) is 0 Å². The highest BCUT2D eigenvalue weighted by atomic mass is 35.5. The van der Waals surface area contributed by atoms with Crippen LogP contribution in [0.15, 0.2) is 29.1 Å². The van der Waals surface area contributed by atoms with E-state index in [0.717, 1.165) is 11.4 Å². The number of aromatic amines is 1. The maximum Gasteiger partial charge on any atom is 0.350 e. The zero-order chi connectivity index (χ0) is 13.1. The van der Waals surface area contributed by atoms with Gasteiger partial charge in [0.1, 0.15) is 0 Å². The van der Waals surface area contributed by atoms with E-state index in [1.165, 1.54) is 0 Å². The van der Waals surface area contributed by atoms with Crippen LogP contribution in [-0.2, 0) is 0 Å². The van der Waals surface area contributed by atoms with Crippen molar-refractivity contribution in [2.24, 2.45) is 0 Å². The zero-order valence-electron chi connectivity index (χ0n) is 9.94. The number of hydrogen-bond acceptors (Lipinski definition) is 5. The second-order valence-corrected chi connectivity index (χ2v) is 4.19. The van der Waals surface area contributed by atoms with Gasteiger partial charge in [0, 0.05) is 25.5 Å². The summed E-state index contributed by atoms with van der Waals surface area (Å²) >= 11 is 5.63. The molecule has 6 nitrogen and oxygen atoms in total. The van der Waals surface area contributed by atoms with Gasteiger partial charge >= 0.3 is 5.69 Å². The van der Waals surface area contributed by atoms with Crippen molar-refractivity contribution < 1.29 is 0 Å². The van der Waals surface area contributed by atoms with Crippen LogP contribution in [0.4, 0.5) is 17.3 Å². The fraction of sp³-hybridized carbons (Fsp3) is 0.182. The summed E-state index contributed by atoms with van der Waals surface area (Å²) in [6, 6.07) is 7.62. The quantitative estimate of drug-likeness (QED) is 0.882. The molecule has 0 aliphatic heterocycles. The molecule has 0 saturated carbocycles. The fourth-order valence-corrected chi connectivity index (χ4v) is 1.55. The molecule has 0 aliphatic carbocycles. The molecule has 0 saturated heterocycles. The van der Waals surface area contributed by atoms with Gasteiger partial charge in [-0.25, -0.2) is 4.79 Å². The highest BCUT2D eigenvalue weighted by molar-refractivity contribution is 6.28. The second-order valence-electron chi connectivity index (χ2n) is 3.83. The Labute approximate surface area is 109 Å². The van der Waals surface area contributed by atoms with Crippen LogP contribution < -0.4 is 15.9 Å². The lowest BCUT2D eigenvalue weighted by Gasteiger charge is -2.12. The lowest BCUT2D eigenvalue weighted by Crippen LogP contribution is -2.14. The third-order valence-electron chi connectivity index (χ3n) is 2.26. The summed E-state index contributed by atoms with van der Waals surface area (Å²) < 4.78 is 0. The van der Waals surface area contributed by atoms with Crippen molar-refractivity contribution >= 4 is 28.9 Å². The number of benzene rings is 1.